The summed E-state index contributed by atoms with van der Waals surface area (Å²) in [7, 11) is 0. The van der Waals surface area contributed by atoms with Crippen molar-refractivity contribution in [3.63, 3.8) is 0 Å². The third kappa shape index (κ3) is 1.67. The Morgan fingerprint density at radius 3 is 2.61 bits per heavy atom. The lowest BCUT2D eigenvalue weighted by Crippen LogP contribution is -1.95. The first kappa shape index (κ1) is 10.9. The molecule has 2 aromatic heterocycles. The molecule has 0 saturated heterocycles. The fourth-order valence-corrected chi connectivity index (χ4v) is 2.17. The van der Waals surface area contributed by atoms with Crippen LogP contribution in [0.25, 0.3) is 22.3 Å². The average Bonchev–Trinajstić information content (AvgIpc) is 2.95. The van der Waals surface area contributed by atoms with Crippen LogP contribution < -0.4 is 0 Å². The molecule has 0 bridgehead atoms. The van der Waals surface area contributed by atoms with Gasteiger partial charge in [-0.15, -0.1) is 0 Å². The minimum absolute atomic E-state index is 0.162. The van der Waals surface area contributed by atoms with Crippen LogP contribution >= 0.6 is 11.6 Å². The van der Waals surface area contributed by atoms with Crippen LogP contribution in [-0.4, -0.2) is 21.0 Å². The number of halogens is 1. The Morgan fingerprint density at radius 2 is 1.94 bits per heavy atom. The van der Waals surface area contributed by atoms with Crippen LogP contribution in [0.3, 0.4) is 0 Å². The van der Waals surface area contributed by atoms with Gasteiger partial charge in [0.15, 0.2) is 0 Å². The van der Waals surface area contributed by atoms with Gasteiger partial charge in [0, 0.05) is 5.39 Å². The third-order valence-electron chi connectivity index (χ3n) is 2.81. The number of fused-ring (bicyclic) bond motifs is 1. The van der Waals surface area contributed by atoms with Crippen molar-refractivity contribution in [2.75, 3.05) is 0 Å². The number of aromatic amines is 2. The number of benzene rings is 1. The number of carboxylic acids is 1. The van der Waals surface area contributed by atoms with Crippen LogP contribution in [0.2, 0.25) is 5.02 Å². The first-order chi connectivity index (χ1) is 8.65. The summed E-state index contributed by atoms with van der Waals surface area (Å²) in [5, 5.41) is 10.5. The lowest BCUT2D eigenvalue weighted by Gasteiger charge is -1.93. The van der Waals surface area contributed by atoms with Crippen LogP contribution in [0.15, 0.2) is 36.4 Å². The largest absolute Gasteiger partial charge is 0.477 e. The number of H-pyrrole nitrogens is 2. The summed E-state index contributed by atoms with van der Waals surface area (Å²) in [6.45, 7) is 0. The van der Waals surface area contributed by atoms with E-state index in [2.05, 4.69) is 9.97 Å². The molecular weight excluding hydrogens is 252 g/mol. The van der Waals surface area contributed by atoms with Gasteiger partial charge >= 0.3 is 5.97 Å². The van der Waals surface area contributed by atoms with E-state index >= 15 is 0 Å². The molecule has 0 spiro atoms. The highest BCUT2D eigenvalue weighted by Gasteiger charge is 2.10. The topological polar surface area (TPSA) is 68.9 Å². The van der Waals surface area contributed by atoms with E-state index in [0.29, 0.717) is 5.02 Å². The summed E-state index contributed by atoms with van der Waals surface area (Å²) >= 11 is 6.08. The standard InChI is InChI=1S/C13H9ClN2O2/c14-8-3-1-2-7-6-11(16-12(7)8)9-4-5-10(15-9)13(17)18/h1-6,15-16H,(H,17,18). The summed E-state index contributed by atoms with van der Waals surface area (Å²) in [6.07, 6.45) is 0. The van der Waals surface area contributed by atoms with E-state index in [4.69, 9.17) is 16.7 Å². The molecule has 90 valence electrons. The maximum atomic E-state index is 10.8. The smallest absolute Gasteiger partial charge is 0.352 e. The van der Waals surface area contributed by atoms with E-state index < -0.39 is 5.97 Å². The fourth-order valence-electron chi connectivity index (χ4n) is 1.94. The predicted octanol–water partition coefficient (Wildman–Crippen LogP) is 3.51. The number of aromatic carboxylic acids is 1. The minimum Gasteiger partial charge on any atom is -0.477 e. The average molecular weight is 261 g/mol. The van der Waals surface area contributed by atoms with E-state index in [1.165, 1.54) is 6.07 Å². The number of para-hydroxylation sites is 1. The second-order valence-electron chi connectivity index (χ2n) is 3.98. The highest BCUT2D eigenvalue weighted by Crippen LogP contribution is 2.28. The third-order valence-corrected chi connectivity index (χ3v) is 3.13. The van der Waals surface area contributed by atoms with Gasteiger partial charge in [-0.3, -0.25) is 0 Å². The number of aromatic nitrogens is 2. The summed E-state index contributed by atoms with van der Waals surface area (Å²) < 4.78 is 0. The van der Waals surface area contributed by atoms with Crippen molar-refractivity contribution in [1.29, 1.82) is 0 Å². The molecule has 0 aliphatic heterocycles. The van der Waals surface area contributed by atoms with E-state index in [0.717, 1.165) is 22.3 Å². The van der Waals surface area contributed by atoms with Crippen molar-refractivity contribution in [2.24, 2.45) is 0 Å². The van der Waals surface area contributed by atoms with Crippen molar-refractivity contribution < 1.29 is 9.90 Å². The Labute approximate surface area is 107 Å². The Morgan fingerprint density at radius 1 is 1.11 bits per heavy atom. The van der Waals surface area contributed by atoms with Crippen LogP contribution in [0.5, 0.6) is 0 Å². The second-order valence-corrected chi connectivity index (χ2v) is 4.39. The zero-order chi connectivity index (χ0) is 12.7. The Hall–Kier alpha value is -2.20. The van der Waals surface area contributed by atoms with Crippen LogP contribution in [0.4, 0.5) is 0 Å². The maximum absolute atomic E-state index is 10.8. The van der Waals surface area contributed by atoms with Gasteiger partial charge in [-0.25, -0.2) is 4.79 Å². The predicted molar refractivity (Wildman–Crippen MR) is 70.1 cm³/mol. The zero-order valence-corrected chi connectivity index (χ0v) is 9.95. The SMILES string of the molecule is O=C(O)c1ccc(-c2cc3cccc(Cl)c3[nH]2)[nH]1. The van der Waals surface area contributed by atoms with Crippen LogP contribution in [0, 0.1) is 0 Å². The second kappa shape index (κ2) is 3.92. The summed E-state index contributed by atoms with van der Waals surface area (Å²) in [5.74, 6) is -0.976. The first-order valence-electron chi connectivity index (χ1n) is 5.35. The van der Waals surface area contributed by atoms with Crippen molar-refractivity contribution in [2.45, 2.75) is 0 Å². The monoisotopic (exact) mass is 260 g/mol. The van der Waals surface area contributed by atoms with Crippen molar-refractivity contribution >= 4 is 28.5 Å². The van der Waals surface area contributed by atoms with Crippen molar-refractivity contribution in [3.8, 4) is 11.4 Å². The molecule has 0 saturated carbocycles. The zero-order valence-electron chi connectivity index (χ0n) is 9.20. The number of rotatable bonds is 2. The van der Waals surface area contributed by atoms with E-state index in [9.17, 15) is 4.79 Å². The summed E-state index contributed by atoms with van der Waals surface area (Å²) in [4.78, 5) is 16.8. The Kier molecular flexibility index (Phi) is 2.38. The van der Waals surface area contributed by atoms with E-state index in [-0.39, 0.29) is 5.69 Å². The molecule has 1 aromatic carbocycles. The molecule has 3 N–H and O–H groups in total. The molecule has 3 rings (SSSR count). The van der Waals surface area contributed by atoms with Gasteiger partial charge in [-0.05, 0) is 24.3 Å². The quantitative estimate of drug-likeness (QED) is 0.660. The molecule has 0 atom stereocenters. The van der Waals surface area contributed by atoms with Crippen LogP contribution in [-0.2, 0) is 0 Å². The molecule has 0 aliphatic rings. The highest BCUT2D eigenvalue weighted by molar-refractivity contribution is 6.35. The van der Waals surface area contributed by atoms with Gasteiger partial charge in [0.2, 0.25) is 0 Å². The fraction of sp³-hybridized carbons (Fsp3) is 0. The number of carboxylic acid groups (broad SMARTS) is 1. The van der Waals surface area contributed by atoms with E-state index in [1.54, 1.807) is 6.07 Å². The van der Waals surface area contributed by atoms with Crippen molar-refractivity contribution in [1.82, 2.24) is 9.97 Å². The molecule has 3 aromatic rings. The Bertz CT molecular complexity index is 742. The normalized spacial score (nSPS) is 10.9. The minimum atomic E-state index is -0.976. The maximum Gasteiger partial charge on any atom is 0.352 e. The number of hydrogen-bond acceptors (Lipinski definition) is 1. The molecule has 5 heteroatoms. The molecule has 0 amide bonds. The van der Waals surface area contributed by atoms with Gasteiger partial charge in [0.1, 0.15) is 5.69 Å². The van der Waals surface area contributed by atoms with Gasteiger partial charge in [-0.1, -0.05) is 23.7 Å². The molecule has 2 heterocycles. The molecular formula is C13H9ClN2O2. The summed E-state index contributed by atoms with van der Waals surface area (Å²) in [6, 6.07) is 10.8. The number of nitrogens with one attached hydrogen (secondary N) is 2. The van der Waals surface area contributed by atoms with E-state index in [1.807, 2.05) is 24.3 Å². The number of hydrogen-bond donors (Lipinski definition) is 3. The lowest BCUT2D eigenvalue weighted by molar-refractivity contribution is 0.0691. The summed E-state index contributed by atoms with van der Waals surface area (Å²) in [5.41, 5.74) is 2.54. The lowest BCUT2D eigenvalue weighted by atomic mass is 10.2. The first-order valence-corrected chi connectivity index (χ1v) is 5.73. The molecule has 0 fully saturated rings. The molecule has 0 unspecified atom stereocenters. The molecule has 18 heavy (non-hydrogen) atoms. The molecule has 0 aliphatic carbocycles. The Balaban J connectivity index is 2.13. The van der Waals surface area contributed by atoms with Gasteiger partial charge in [-0.2, -0.15) is 0 Å². The number of carbonyl (C=O) groups is 1. The highest BCUT2D eigenvalue weighted by atomic mass is 35.5. The van der Waals surface area contributed by atoms with Crippen molar-refractivity contribution in [3.05, 3.63) is 47.1 Å². The molecule has 0 radical (unpaired) electrons. The molecule has 4 nitrogen and oxygen atoms in total. The van der Waals surface area contributed by atoms with Gasteiger partial charge in [0.05, 0.1) is 21.9 Å². The van der Waals surface area contributed by atoms with Crippen LogP contribution in [0.1, 0.15) is 10.5 Å². The van der Waals surface area contributed by atoms with Gasteiger partial charge in [0.25, 0.3) is 0 Å². The van der Waals surface area contributed by atoms with Gasteiger partial charge < -0.3 is 15.1 Å².